The van der Waals surface area contributed by atoms with Crippen LogP contribution in [0.4, 0.5) is 5.69 Å². The number of hydrogen-bond donors (Lipinski definition) is 2. The monoisotopic (exact) mass is 353 g/mol. The highest BCUT2D eigenvalue weighted by Crippen LogP contribution is 2.26. The third kappa shape index (κ3) is 3.03. The predicted molar refractivity (Wildman–Crippen MR) is 95.5 cm³/mol. The zero-order valence-electron chi connectivity index (χ0n) is 13.7. The molecule has 126 valence electrons. The Morgan fingerprint density at radius 2 is 2.28 bits per heavy atom. The molecule has 1 amide bonds. The standard InChI is InChI=1S/C17H15N5O2S/c1-9-12-6-11(8-18-16(12)22-21-9)19-15(23)7-13-10(2)24-17(20-13)14-4-3-5-25-14/h3-6,8H,7H2,1-2H3,(H,19,23)(H,18,21,22). The van der Waals surface area contributed by atoms with Crippen molar-refractivity contribution in [2.45, 2.75) is 20.3 Å². The molecular weight excluding hydrogens is 338 g/mol. The fourth-order valence-electron chi connectivity index (χ4n) is 2.54. The molecule has 0 saturated heterocycles. The smallest absolute Gasteiger partial charge is 0.236 e. The number of thiophene rings is 1. The lowest BCUT2D eigenvalue weighted by Gasteiger charge is -2.04. The van der Waals surface area contributed by atoms with Crippen LogP contribution in [0.1, 0.15) is 17.1 Å². The fraction of sp³-hybridized carbons (Fsp3) is 0.176. The fourth-order valence-corrected chi connectivity index (χ4v) is 3.19. The third-order valence-electron chi connectivity index (χ3n) is 3.84. The highest BCUT2D eigenvalue weighted by atomic mass is 32.1. The number of carbonyl (C=O) groups is 1. The average Bonchev–Trinajstić information content (AvgIpc) is 3.30. The molecule has 0 aliphatic heterocycles. The number of hydrogen-bond acceptors (Lipinski definition) is 6. The van der Waals surface area contributed by atoms with Crippen LogP contribution < -0.4 is 5.32 Å². The van der Waals surface area contributed by atoms with E-state index in [1.54, 1.807) is 17.5 Å². The normalized spacial score (nSPS) is 11.1. The van der Waals surface area contributed by atoms with Gasteiger partial charge in [-0.2, -0.15) is 5.10 Å². The van der Waals surface area contributed by atoms with Crippen LogP contribution in [-0.4, -0.2) is 26.1 Å². The van der Waals surface area contributed by atoms with Gasteiger partial charge in [0.2, 0.25) is 11.8 Å². The molecular formula is C17H15N5O2S. The summed E-state index contributed by atoms with van der Waals surface area (Å²) in [5.41, 5.74) is 2.80. The van der Waals surface area contributed by atoms with Gasteiger partial charge in [-0.3, -0.25) is 9.89 Å². The van der Waals surface area contributed by atoms with Crippen molar-refractivity contribution in [3.05, 3.63) is 46.9 Å². The number of anilines is 1. The van der Waals surface area contributed by atoms with Gasteiger partial charge in [-0.15, -0.1) is 11.3 Å². The molecule has 0 spiro atoms. The molecule has 0 aliphatic rings. The topological polar surface area (TPSA) is 96.7 Å². The maximum absolute atomic E-state index is 12.3. The highest BCUT2D eigenvalue weighted by molar-refractivity contribution is 7.13. The molecule has 0 radical (unpaired) electrons. The van der Waals surface area contributed by atoms with Crippen LogP contribution in [-0.2, 0) is 11.2 Å². The SMILES string of the molecule is Cc1oc(-c2cccs2)nc1CC(=O)Nc1cnc2n[nH]c(C)c2c1. The Balaban J connectivity index is 1.51. The number of rotatable bonds is 4. The van der Waals surface area contributed by atoms with E-state index >= 15 is 0 Å². The maximum Gasteiger partial charge on any atom is 0.236 e. The summed E-state index contributed by atoms with van der Waals surface area (Å²) in [6.45, 7) is 3.72. The van der Waals surface area contributed by atoms with Crippen molar-refractivity contribution in [1.82, 2.24) is 20.2 Å². The lowest BCUT2D eigenvalue weighted by molar-refractivity contribution is -0.115. The molecule has 4 aromatic rings. The van der Waals surface area contributed by atoms with Crippen molar-refractivity contribution >= 4 is 34.0 Å². The number of aromatic amines is 1. The summed E-state index contributed by atoms with van der Waals surface area (Å²) >= 11 is 1.55. The number of aryl methyl sites for hydroxylation is 2. The molecule has 0 saturated carbocycles. The molecule has 4 aromatic heterocycles. The van der Waals surface area contributed by atoms with E-state index in [2.05, 4.69) is 25.5 Å². The number of aromatic nitrogens is 4. The Morgan fingerprint density at radius 3 is 3.08 bits per heavy atom. The van der Waals surface area contributed by atoms with Crippen molar-refractivity contribution in [2.75, 3.05) is 5.32 Å². The van der Waals surface area contributed by atoms with Crippen LogP contribution in [0.5, 0.6) is 0 Å². The van der Waals surface area contributed by atoms with Gasteiger partial charge in [-0.25, -0.2) is 9.97 Å². The molecule has 0 aliphatic carbocycles. The van der Waals surface area contributed by atoms with Crippen molar-refractivity contribution in [1.29, 1.82) is 0 Å². The van der Waals surface area contributed by atoms with Crippen LogP contribution in [0.15, 0.2) is 34.2 Å². The first kappa shape index (κ1) is 15.5. The van der Waals surface area contributed by atoms with E-state index in [4.69, 9.17) is 4.42 Å². The van der Waals surface area contributed by atoms with Crippen molar-refractivity contribution in [3.63, 3.8) is 0 Å². The Kier molecular flexibility index (Phi) is 3.81. The second-order valence-electron chi connectivity index (χ2n) is 5.67. The summed E-state index contributed by atoms with van der Waals surface area (Å²) in [5, 5.41) is 12.6. The van der Waals surface area contributed by atoms with E-state index in [1.807, 2.05) is 37.4 Å². The van der Waals surface area contributed by atoms with Crippen molar-refractivity contribution < 1.29 is 9.21 Å². The average molecular weight is 353 g/mol. The van der Waals surface area contributed by atoms with Gasteiger partial charge in [0.1, 0.15) is 5.76 Å². The third-order valence-corrected chi connectivity index (χ3v) is 4.69. The van der Waals surface area contributed by atoms with E-state index in [-0.39, 0.29) is 12.3 Å². The molecule has 4 heterocycles. The van der Waals surface area contributed by atoms with Crippen LogP contribution in [0.3, 0.4) is 0 Å². The van der Waals surface area contributed by atoms with Gasteiger partial charge < -0.3 is 9.73 Å². The summed E-state index contributed by atoms with van der Waals surface area (Å²) in [7, 11) is 0. The Hall–Kier alpha value is -3.00. The molecule has 0 bridgehead atoms. The molecule has 0 fully saturated rings. The van der Waals surface area contributed by atoms with Gasteiger partial charge in [0.15, 0.2) is 5.65 Å². The van der Waals surface area contributed by atoms with Gasteiger partial charge >= 0.3 is 0 Å². The van der Waals surface area contributed by atoms with Crippen LogP contribution in [0.2, 0.25) is 0 Å². The Bertz CT molecular complexity index is 1050. The van der Waals surface area contributed by atoms with Gasteiger partial charge in [-0.05, 0) is 31.4 Å². The first-order chi connectivity index (χ1) is 12.1. The van der Waals surface area contributed by atoms with E-state index < -0.39 is 0 Å². The number of amides is 1. The number of carbonyl (C=O) groups excluding carboxylic acids is 1. The molecule has 0 aromatic carbocycles. The van der Waals surface area contributed by atoms with E-state index in [1.165, 1.54) is 0 Å². The summed E-state index contributed by atoms with van der Waals surface area (Å²) < 4.78 is 5.67. The maximum atomic E-state index is 12.3. The lowest BCUT2D eigenvalue weighted by Crippen LogP contribution is -2.15. The molecule has 0 unspecified atom stereocenters. The number of pyridine rings is 1. The second kappa shape index (κ2) is 6.14. The summed E-state index contributed by atoms with van der Waals surface area (Å²) in [4.78, 5) is 22.0. The second-order valence-corrected chi connectivity index (χ2v) is 6.62. The van der Waals surface area contributed by atoms with Gasteiger partial charge in [0.05, 0.1) is 28.9 Å². The van der Waals surface area contributed by atoms with Gasteiger partial charge in [-0.1, -0.05) is 6.07 Å². The Labute approximate surface area is 147 Å². The first-order valence-electron chi connectivity index (χ1n) is 7.71. The Morgan fingerprint density at radius 1 is 1.40 bits per heavy atom. The minimum Gasteiger partial charge on any atom is -0.440 e. The van der Waals surface area contributed by atoms with Gasteiger partial charge in [0.25, 0.3) is 0 Å². The minimum absolute atomic E-state index is 0.142. The van der Waals surface area contributed by atoms with Crippen LogP contribution >= 0.6 is 11.3 Å². The summed E-state index contributed by atoms with van der Waals surface area (Å²) in [5.74, 6) is 1.03. The van der Waals surface area contributed by atoms with Crippen LogP contribution in [0.25, 0.3) is 21.8 Å². The number of nitrogens with zero attached hydrogens (tertiary/aromatic N) is 3. The van der Waals surface area contributed by atoms with E-state index in [9.17, 15) is 4.79 Å². The molecule has 4 rings (SSSR count). The number of nitrogens with one attached hydrogen (secondary N) is 2. The van der Waals surface area contributed by atoms with Gasteiger partial charge in [0, 0.05) is 11.1 Å². The number of fused-ring (bicyclic) bond motifs is 1. The van der Waals surface area contributed by atoms with E-state index in [0.29, 0.717) is 28.7 Å². The first-order valence-corrected chi connectivity index (χ1v) is 8.59. The predicted octanol–water partition coefficient (Wildman–Crippen LogP) is 3.47. The molecule has 0 atom stereocenters. The summed E-state index contributed by atoms with van der Waals surface area (Å²) in [6, 6.07) is 5.73. The number of oxazole rings is 1. The van der Waals surface area contributed by atoms with E-state index in [0.717, 1.165) is 16.0 Å². The lowest BCUT2D eigenvalue weighted by atomic mass is 10.2. The summed E-state index contributed by atoms with van der Waals surface area (Å²) in [6.07, 6.45) is 1.73. The minimum atomic E-state index is -0.170. The zero-order chi connectivity index (χ0) is 17.4. The quantitative estimate of drug-likeness (QED) is 0.585. The molecule has 8 heteroatoms. The molecule has 25 heavy (non-hydrogen) atoms. The van der Waals surface area contributed by atoms with Crippen molar-refractivity contribution in [3.8, 4) is 10.8 Å². The zero-order valence-corrected chi connectivity index (χ0v) is 14.5. The molecule has 7 nitrogen and oxygen atoms in total. The van der Waals surface area contributed by atoms with Crippen molar-refractivity contribution in [2.24, 2.45) is 0 Å². The number of H-pyrrole nitrogens is 1. The highest BCUT2D eigenvalue weighted by Gasteiger charge is 2.16. The van der Waals surface area contributed by atoms with Crippen LogP contribution in [0, 0.1) is 13.8 Å². The largest absolute Gasteiger partial charge is 0.440 e. The molecule has 2 N–H and O–H groups in total.